The molecule has 6 nitrogen and oxygen atoms in total. The third kappa shape index (κ3) is 5.61. The second-order valence-corrected chi connectivity index (χ2v) is 6.57. The van der Waals surface area contributed by atoms with Gasteiger partial charge in [-0.2, -0.15) is 0 Å². The van der Waals surface area contributed by atoms with Crippen molar-refractivity contribution < 1.29 is 19.1 Å². The fourth-order valence-electron chi connectivity index (χ4n) is 2.46. The summed E-state index contributed by atoms with van der Waals surface area (Å²) in [5, 5.41) is 15.4. The van der Waals surface area contributed by atoms with Gasteiger partial charge in [0.05, 0.1) is 13.1 Å². The van der Waals surface area contributed by atoms with Gasteiger partial charge in [0.25, 0.3) is 0 Å². The minimum Gasteiger partial charge on any atom is -0.480 e. The van der Waals surface area contributed by atoms with Crippen molar-refractivity contribution in [2.45, 2.75) is 32.9 Å². The van der Waals surface area contributed by atoms with Crippen LogP contribution < -0.4 is 10.6 Å². The van der Waals surface area contributed by atoms with Crippen LogP contribution in [-0.4, -0.2) is 29.6 Å². The highest BCUT2D eigenvalue weighted by molar-refractivity contribution is 6.30. The van der Waals surface area contributed by atoms with Crippen LogP contribution in [0.15, 0.2) is 40.8 Å². The number of carbonyl (C=O) groups excluding carboxylic acids is 1. The van der Waals surface area contributed by atoms with E-state index in [-0.39, 0.29) is 24.9 Å². The van der Waals surface area contributed by atoms with Crippen molar-refractivity contribution in [3.63, 3.8) is 0 Å². The summed E-state index contributed by atoms with van der Waals surface area (Å²) in [7, 11) is 0. The predicted molar refractivity (Wildman–Crippen MR) is 99.9 cm³/mol. The molecule has 1 aromatic heterocycles. The van der Waals surface area contributed by atoms with Gasteiger partial charge in [-0.25, -0.2) is 0 Å². The Morgan fingerprint density at radius 2 is 1.88 bits per heavy atom. The number of rotatable bonds is 9. The number of benzene rings is 1. The molecule has 26 heavy (non-hydrogen) atoms. The lowest BCUT2D eigenvalue weighted by Crippen LogP contribution is -2.46. The van der Waals surface area contributed by atoms with Gasteiger partial charge in [0, 0.05) is 10.6 Å². The van der Waals surface area contributed by atoms with Gasteiger partial charge >= 0.3 is 5.97 Å². The lowest BCUT2D eigenvalue weighted by molar-refractivity contribution is -0.141. The average molecular weight is 379 g/mol. The van der Waals surface area contributed by atoms with E-state index >= 15 is 0 Å². The molecule has 0 radical (unpaired) electrons. The van der Waals surface area contributed by atoms with Crippen molar-refractivity contribution in [3.8, 4) is 11.3 Å². The predicted octanol–water partition coefficient (Wildman–Crippen LogP) is 3.31. The smallest absolute Gasteiger partial charge is 0.320 e. The van der Waals surface area contributed by atoms with Gasteiger partial charge in [-0.3, -0.25) is 14.9 Å². The number of hydrogen-bond acceptors (Lipinski definition) is 4. The Balaban J connectivity index is 1.84. The van der Waals surface area contributed by atoms with Gasteiger partial charge in [-0.15, -0.1) is 0 Å². The number of nitrogens with one attached hydrogen (secondary N) is 2. The molecule has 0 unspecified atom stereocenters. The first-order valence-electron chi connectivity index (χ1n) is 8.48. The molecule has 2 rings (SSSR count). The maximum Gasteiger partial charge on any atom is 0.320 e. The van der Waals surface area contributed by atoms with Crippen molar-refractivity contribution >= 4 is 23.5 Å². The first kappa shape index (κ1) is 20.0. The molecule has 7 heteroatoms. The molecule has 3 N–H and O–H groups in total. The van der Waals surface area contributed by atoms with E-state index in [1.54, 1.807) is 18.2 Å². The van der Waals surface area contributed by atoms with Crippen LogP contribution in [0.1, 0.15) is 26.0 Å². The molecule has 0 fully saturated rings. The number of carbonyl (C=O) groups is 2. The second-order valence-electron chi connectivity index (χ2n) is 6.13. The molecular formula is C19H23ClN2O4. The fraction of sp³-hybridized carbons (Fsp3) is 0.368. The highest BCUT2D eigenvalue weighted by Gasteiger charge is 2.23. The summed E-state index contributed by atoms with van der Waals surface area (Å²) in [6.45, 7) is 3.92. The van der Waals surface area contributed by atoms with Crippen LogP contribution in [0.2, 0.25) is 5.02 Å². The van der Waals surface area contributed by atoms with Gasteiger partial charge in [0.1, 0.15) is 17.6 Å². The Labute approximate surface area is 157 Å². The van der Waals surface area contributed by atoms with E-state index in [9.17, 15) is 14.7 Å². The third-order valence-electron chi connectivity index (χ3n) is 4.21. The van der Waals surface area contributed by atoms with Crippen molar-refractivity contribution in [2.24, 2.45) is 5.92 Å². The number of furan rings is 1. The third-order valence-corrected chi connectivity index (χ3v) is 4.46. The Morgan fingerprint density at radius 1 is 1.19 bits per heavy atom. The monoisotopic (exact) mass is 378 g/mol. The Morgan fingerprint density at radius 3 is 2.50 bits per heavy atom. The van der Waals surface area contributed by atoms with Crippen molar-refractivity contribution in [1.82, 2.24) is 10.6 Å². The maximum atomic E-state index is 11.9. The molecule has 0 spiro atoms. The van der Waals surface area contributed by atoms with Crippen LogP contribution in [0.25, 0.3) is 11.3 Å². The molecule has 0 saturated heterocycles. The minimum atomic E-state index is -0.953. The minimum absolute atomic E-state index is 0.0627. The normalized spacial score (nSPS) is 13.2. The van der Waals surface area contributed by atoms with E-state index < -0.39 is 12.0 Å². The van der Waals surface area contributed by atoms with Crippen LogP contribution in [0.4, 0.5) is 0 Å². The number of carboxylic acid groups (broad SMARTS) is 1. The quantitative estimate of drug-likeness (QED) is 0.622. The molecule has 1 heterocycles. The van der Waals surface area contributed by atoms with E-state index in [1.165, 1.54) is 0 Å². The van der Waals surface area contributed by atoms with Crippen molar-refractivity contribution in [1.29, 1.82) is 0 Å². The highest BCUT2D eigenvalue weighted by Crippen LogP contribution is 2.23. The summed E-state index contributed by atoms with van der Waals surface area (Å²) in [4.78, 5) is 23.2. The first-order valence-corrected chi connectivity index (χ1v) is 8.86. The summed E-state index contributed by atoms with van der Waals surface area (Å²) < 4.78 is 5.71. The largest absolute Gasteiger partial charge is 0.480 e. The fourth-order valence-corrected chi connectivity index (χ4v) is 2.59. The highest BCUT2D eigenvalue weighted by atomic mass is 35.5. The molecule has 0 bridgehead atoms. The summed E-state index contributed by atoms with van der Waals surface area (Å²) in [5.41, 5.74) is 0.895. The zero-order valence-electron chi connectivity index (χ0n) is 14.8. The van der Waals surface area contributed by atoms with E-state index in [0.717, 1.165) is 5.56 Å². The molecule has 1 amide bonds. The summed E-state index contributed by atoms with van der Waals surface area (Å²) >= 11 is 5.87. The molecule has 140 valence electrons. The maximum absolute atomic E-state index is 11.9. The standard InChI is InChI=1S/C19H23ClN2O4/c1-3-12(2)18(19(24)25)22-11-17(23)21-10-15-8-9-16(26-15)13-4-6-14(20)7-5-13/h4-9,12,18,22H,3,10-11H2,1-2H3,(H,21,23)(H,24,25)/t12-,18-/m0/s1. The number of halogens is 1. The Hall–Kier alpha value is -2.31. The van der Waals surface area contributed by atoms with E-state index in [1.807, 2.05) is 32.0 Å². The number of carboxylic acids is 1. The molecular weight excluding hydrogens is 356 g/mol. The molecule has 2 atom stereocenters. The van der Waals surface area contributed by atoms with Crippen molar-refractivity contribution in [2.75, 3.05) is 6.54 Å². The van der Waals surface area contributed by atoms with E-state index in [0.29, 0.717) is 23.0 Å². The van der Waals surface area contributed by atoms with Crippen LogP contribution in [0.3, 0.4) is 0 Å². The number of aliphatic carboxylic acids is 1. The zero-order valence-corrected chi connectivity index (χ0v) is 15.5. The number of hydrogen-bond donors (Lipinski definition) is 3. The van der Waals surface area contributed by atoms with Crippen LogP contribution in [0, 0.1) is 5.92 Å². The molecule has 1 aromatic carbocycles. The molecule has 0 saturated carbocycles. The Bertz CT molecular complexity index is 742. The van der Waals surface area contributed by atoms with Crippen LogP contribution in [0.5, 0.6) is 0 Å². The van der Waals surface area contributed by atoms with Gasteiger partial charge in [-0.05, 0) is 42.3 Å². The van der Waals surface area contributed by atoms with Gasteiger partial charge in [0.2, 0.25) is 5.91 Å². The van der Waals surface area contributed by atoms with Gasteiger partial charge in [-0.1, -0.05) is 31.9 Å². The second kappa shape index (κ2) is 9.40. The molecule has 0 aliphatic heterocycles. The van der Waals surface area contributed by atoms with E-state index in [2.05, 4.69) is 10.6 Å². The SMILES string of the molecule is CC[C@H](C)[C@H](NCC(=O)NCc1ccc(-c2ccc(Cl)cc2)o1)C(=O)O. The van der Waals surface area contributed by atoms with Gasteiger partial charge in [0.15, 0.2) is 0 Å². The van der Waals surface area contributed by atoms with Crippen LogP contribution in [-0.2, 0) is 16.1 Å². The lowest BCUT2D eigenvalue weighted by Gasteiger charge is -2.19. The first-order chi connectivity index (χ1) is 12.4. The topological polar surface area (TPSA) is 91.6 Å². The van der Waals surface area contributed by atoms with Crippen molar-refractivity contribution in [3.05, 3.63) is 47.2 Å². The van der Waals surface area contributed by atoms with Gasteiger partial charge < -0.3 is 14.8 Å². The summed E-state index contributed by atoms with van der Waals surface area (Å²) in [5.74, 6) is -0.00569. The average Bonchev–Trinajstić information content (AvgIpc) is 3.09. The summed E-state index contributed by atoms with van der Waals surface area (Å²) in [6.07, 6.45) is 0.714. The molecule has 0 aliphatic rings. The Kier molecular flexibility index (Phi) is 7.24. The summed E-state index contributed by atoms with van der Waals surface area (Å²) in [6, 6.07) is 10.1. The zero-order chi connectivity index (χ0) is 19.1. The van der Waals surface area contributed by atoms with E-state index in [4.69, 9.17) is 16.0 Å². The number of amides is 1. The van der Waals surface area contributed by atoms with Crippen LogP contribution >= 0.6 is 11.6 Å². The molecule has 0 aliphatic carbocycles. The lowest BCUT2D eigenvalue weighted by atomic mass is 9.99. The molecule has 2 aromatic rings.